The lowest BCUT2D eigenvalue weighted by Crippen LogP contribution is -2.29. The first-order valence-electron chi connectivity index (χ1n) is 7.98. The lowest BCUT2D eigenvalue weighted by atomic mass is 10.1. The minimum atomic E-state index is -0.429. The molecule has 10 heteroatoms. The fourth-order valence-corrected chi connectivity index (χ4v) is 3.71. The van der Waals surface area contributed by atoms with Gasteiger partial charge in [-0.2, -0.15) is 0 Å². The molecule has 0 atom stereocenters. The zero-order chi connectivity index (χ0) is 19.8. The first-order chi connectivity index (χ1) is 13.4. The highest BCUT2D eigenvalue weighted by Gasteiger charge is 2.35. The first kappa shape index (κ1) is 18.5. The van der Waals surface area contributed by atoms with Gasteiger partial charge in [-0.15, -0.1) is 10.2 Å². The van der Waals surface area contributed by atoms with Crippen LogP contribution < -0.4 is 5.32 Å². The van der Waals surface area contributed by atoms with Gasteiger partial charge in [-0.25, -0.2) is 0 Å². The summed E-state index contributed by atoms with van der Waals surface area (Å²) in [5.41, 5.74) is 1.04. The molecule has 0 spiro atoms. The molecular weight excluding hydrogens is 423 g/mol. The molecular formula is C18H10Cl2N4O3S. The molecule has 0 bridgehead atoms. The number of hydrogen-bond acceptors (Lipinski definition) is 6. The molecule has 2 aromatic carbocycles. The fraction of sp³-hybridized carbons (Fsp3) is 0.0556. The Hall–Kier alpha value is -2.81. The van der Waals surface area contributed by atoms with Crippen LogP contribution in [-0.4, -0.2) is 32.8 Å². The van der Waals surface area contributed by atoms with E-state index in [0.29, 0.717) is 26.7 Å². The van der Waals surface area contributed by atoms with Crippen LogP contribution >= 0.6 is 34.5 Å². The van der Waals surface area contributed by atoms with E-state index in [-0.39, 0.29) is 28.5 Å². The summed E-state index contributed by atoms with van der Waals surface area (Å²) in [4.78, 5) is 38.2. The second-order valence-electron chi connectivity index (χ2n) is 5.83. The maximum absolute atomic E-state index is 12.4. The van der Waals surface area contributed by atoms with Crippen molar-refractivity contribution in [2.45, 2.75) is 6.54 Å². The molecule has 7 nitrogen and oxygen atoms in total. The van der Waals surface area contributed by atoms with Gasteiger partial charge in [0.2, 0.25) is 5.13 Å². The summed E-state index contributed by atoms with van der Waals surface area (Å²) in [6, 6.07) is 11.1. The number of imide groups is 1. The highest BCUT2D eigenvalue weighted by Crippen LogP contribution is 2.27. The van der Waals surface area contributed by atoms with E-state index in [0.717, 1.165) is 16.2 Å². The third kappa shape index (κ3) is 3.37. The van der Waals surface area contributed by atoms with Gasteiger partial charge >= 0.3 is 0 Å². The number of nitrogens with one attached hydrogen (secondary N) is 1. The molecule has 0 saturated heterocycles. The predicted octanol–water partition coefficient (Wildman–Crippen LogP) is 3.89. The van der Waals surface area contributed by atoms with Crippen LogP contribution in [-0.2, 0) is 6.54 Å². The Morgan fingerprint density at radius 3 is 2.32 bits per heavy atom. The highest BCUT2D eigenvalue weighted by atomic mass is 35.5. The van der Waals surface area contributed by atoms with Crippen LogP contribution in [0, 0.1) is 0 Å². The van der Waals surface area contributed by atoms with Crippen molar-refractivity contribution >= 4 is 57.4 Å². The van der Waals surface area contributed by atoms with Gasteiger partial charge in [0.1, 0.15) is 5.01 Å². The van der Waals surface area contributed by atoms with Crippen LogP contribution in [0.15, 0.2) is 42.5 Å². The number of carbonyl (C=O) groups excluding carboxylic acids is 3. The zero-order valence-corrected chi connectivity index (χ0v) is 16.3. The number of hydrogen-bond donors (Lipinski definition) is 1. The van der Waals surface area contributed by atoms with Gasteiger partial charge in [0.25, 0.3) is 17.7 Å². The van der Waals surface area contributed by atoms with E-state index in [1.807, 2.05) is 0 Å². The van der Waals surface area contributed by atoms with Crippen molar-refractivity contribution in [1.82, 2.24) is 15.1 Å². The van der Waals surface area contributed by atoms with E-state index < -0.39 is 5.91 Å². The Morgan fingerprint density at radius 1 is 1.00 bits per heavy atom. The van der Waals surface area contributed by atoms with E-state index in [4.69, 9.17) is 23.2 Å². The number of fused-ring (bicyclic) bond motifs is 1. The van der Waals surface area contributed by atoms with Crippen molar-refractivity contribution in [1.29, 1.82) is 0 Å². The number of halogens is 2. The Morgan fingerprint density at radius 2 is 1.68 bits per heavy atom. The summed E-state index contributed by atoms with van der Waals surface area (Å²) in [6.07, 6.45) is 0. The van der Waals surface area contributed by atoms with Gasteiger partial charge in [-0.05, 0) is 30.3 Å². The molecule has 140 valence electrons. The molecule has 1 aromatic heterocycles. The lowest BCUT2D eigenvalue weighted by molar-refractivity contribution is 0.0641. The second kappa shape index (κ2) is 7.31. The van der Waals surface area contributed by atoms with Gasteiger partial charge in [0.15, 0.2) is 0 Å². The molecule has 0 radical (unpaired) electrons. The quantitative estimate of drug-likeness (QED) is 0.631. The van der Waals surface area contributed by atoms with Gasteiger partial charge in [-0.3, -0.25) is 24.6 Å². The number of benzene rings is 2. The Labute approximate surface area is 172 Å². The van der Waals surface area contributed by atoms with Gasteiger partial charge in [-0.1, -0.05) is 46.7 Å². The van der Waals surface area contributed by atoms with Crippen molar-refractivity contribution in [2.24, 2.45) is 0 Å². The molecule has 28 heavy (non-hydrogen) atoms. The molecule has 1 aliphatic rings. The summed E-state index contributed by atoms with van der Waals surface area (Å²) in [5, 5.41) is 11.7. The average Bonchev–Trinajstić information content (AvgIpc) is 3.22. The van der Waals surface area contributed by atoms with Crippen LogP contribution in [0.2, 0.25) is 10.0 Å². The van der Waals surface area contributed by atoms with E-state index in [1.165, 1.54) is 18.2 Å². The fourth-order valence-electron chi connectivity index (χ4n) is 2.69. The topological polar surface area (TPSA) is 92.3 Å². The van der Waals surface area contributed by atoms with Crippen LogP contribution in [0.1, 0.15) is 36.1 Å². The monoisotopic (exact) mass is 432 g/mol. The number of nitrogens with zero attached hydrogens (tertiary/aromatic N) is 3. The smallest absolute Gasteiger partial charge is 0.261 e. The van der Waals surface area contributed by atoms with Crippen molar-refractivity contribution in [2.75, 3.05) is 5.32 Å². The maximum Gasteiger partial charge on any atom is 0.261 e. The standard InChI is InChI=1S/C18H10Cl2N4O3S/c19-12-6-5-9(7-13(12)20)15(25)21-18-23-22-14(28-18)8-24-16(26)10-3-1-2-4-11(10)17(24)27/h1-7H,8H2,(H,21,23,25). The average molecular weight is 433 g/mol. The summed E-state index contributed by atoms with van der Waals surface area (Å²) < 4.78 is 0. The minimum Gasteiger partial charge on any atom is -0.296 e. The summed E-state index contributed by atoms with van der Waals surface area (Å²) in [7, 11) is 0. The normalized spacial score (nSPS) is 13.0. The van der Waals surface area contributed by atoms with Crippen LogP contribution in [0.25, 0.3) is 0 Å². The Kier molecular flexibility index (Phi) is 4.84. The molecule has 4 rings (SSSR count). The Bertz CT molecular complexity index is 1100. The molecule has 0 unspecified atom stereocenters. The molecule has 0 aliphatic carbocycles. The maximum atomic E-state index is 12.4. The number of amides is 3. The van der Waals surface area contributed by atoms with Gasteiger partial charge in [0.05, 0.1) is 27.7 Å². The third-order valence-electron chi connectivity index (χ3n) is 4.04. The number of aromatic nitrogens is 2. The highest BCUT2D eigenvalue weighted by molar-refractivity contribution is 7.15. The molecule has 3 aromatic rings. The van der Waals surface area contributed by atoms with Gasteiger partial charge in [0, 0.05) is 5.56 Å². The van der Waals surface area contributed by atoms with Crippen molar-refractivity contribution in [3.8, 4) is 0 Å². The lowest BCUT2D eigenvalue weighted by Gasteiger charge is -2.10. The van der Waals surface area contributed by atoms with E-state index in [9.17, 15) is 14.4 Å². The van der Waals surface area contributed by atoms with Crippen molar-refractivity contribution in [3.63, 3.8) is 0 Å². The second-order valence-corrected chi connectivity index (χ2v) is 7.70. The minimum absolute atomic E-state index is 0.0212. The molecule has 2 heterocycles. The zero-order valence-electron chi connectivity index (χ0n) is 14.0. The largest absolute Gasteiger partial charge is 0.296 e. The van der Waals surface area contributed by atoms with Crippen LogP contribution in [0.5, 0.6) is 0 Å². The van der Waals surface area contributed by atoms with E-state index >= 15 is 0 Å². The number of carbonyl (C=O) groups is 3. The molecule has 0 saturated carbocycles. The summed E-state index contributed by atoms with van der Waals surface area (Å²) in [5.74, 6) is -1.18. The number of rotatable bonds is 4. The SMILES string of the molecule is O=C(Nc1nnc(CN2C(=O)c3ccccc3C2=O)s1)c1ccc(Cl)c(Cl)c1. The number of anilines is 1. The third-order valence-corrected chi connectivity index (χ3v) is 5.60. The van der Waals surface area contributed by atoms with E-state index in [1.54, 1.807) is 24.3 Å². The van der Waals surface area contributed by atoms with E-state index in [2.05, 4.69) is 15.5 Å². The van der Waals surface area contributed by atoms with Gasteiger partial charge < -0.3 is 0 Å². The van der Waals surface area contributed by atoms with Crippen LogP contribution in [0.3, 0.4) is 0 Å². The molecule has 1 aliphatic heterocycles. The summed E-state index contributed by atoms with van der Waals surface area (Å²) in [6.45, 7) is -0.0212. The van der Waals surface area contributed by atoms with Crippen LogP contribution in [0.4, 0.5) is 5.13 Å². The predicted molar refractivity (Wildman–Crippen MR) is 105 cm³/mol. The van der Waals surface area contributed by atoms with Crippen molar-refractivity contribution in [3.05, 3.63) is 74.2 Å². The van der Waals surface area contributed by atoms with Crippen molar-refractivity contribution < 1.29 is 14.4 Å². The molecule has 0 fully saturated rings. The Balaban J connectivity index is 1.47. The first-order valence-corrected chi connectivity index (χ1v) is 9.55. The molecule has 1 N–H and O–H groups in total. The summed E-state index contributed by atoms with van der Waals surface area (Å²) >= 11 is 12.8. The molecule has 3 amide bonds.